The minimum absolute atomic E-state index is 0.536. The maximum Gasteiger partial charge on any atom is 0.142 e. The lowest BCUT2D eigenvalue weighted by Gasteiger charge is -2.37. The Hall–Kier alpha value is -3.02. The number of fused-ring (bicyclic) bond motifs is 1. The van der Waals surface area contributed by atoms with Crippen molar-refractivity contribution in [3.05, 3.63) is 47.8 Å². The van der Waals surface area contributed by atoms with E-state index in [0.717, 1.165) is 60.9 Å². The monoisotopic (exact) mass is 431 g/mol. The molecule has 0 amide bonds. The number of methoxy groups -OCH3 is 1. The summed E-state index contributed by atoms with van der Waals surface area (Å²) in [5.41, 5.74) is 4.73. The van der Waals surface area contributed by atoms with Gasteiger partial charge in [0.1, 0.15) is 17.4 Å². The molecule has 2 heterocycles. The highest BCUT2D eigenvalue weighted by Crippen LogP contribution is 2.40. The van der Waals surface area contributed by atoms with Crippen LogP contribution in [0.25, 0.3) is 10.9 Å². The Morgan fingerprint density at radius 2 is 1.72 bits per heavy atom. The van der Waals surface area contributed by atoms with Gasteiger partial charge in [0, 0.05) is 57.3 Å². The van der Waals surface area contributed by atoms with Gasteiger partial charge in [-0.25, -0.2) is 9.97 Å². The van der Waals surface area contributed by atoms with Crippen LogP contribution in [0.3, 0.4) is 0 Å². The van der Waals surface area contributed by atoms with E-state index in [0.29, 0.717) is 5.92 Å². The number of rotatable bonds is 6. The first kappa shape index (κ1) is 20.9. The Bertz CT molecular complexity index is 1120. The minimum atomic E-state index is 0.536. The second-order valence-corrected chi connectivity index (χ2v) is 9.11. The van der Waals surface area contributed by atoms with Crippen molar-refractivity contribution in [3.8, 4) is 5.75 Å². The van der Waals surface area contributed by atoms with Crippen LogP contribution in [0.4, 0.5) is 17.2 Å². The predicted octanol–water partition coefficient (Wildman–Crippen LogP) is 4.47. The fourth-order valence-corrected chi connectivity index (χ4v) is 4.52. The second-order valence-electron chi connectivity index (χ2n) is 9.11. The summed E-state index contributed by atoms with van der Waals surface area (Å²) >= 11 is 0. The second kappa shape index (κ2) is 8.49. The molecular formula is C26H33N5O. The fraction of sp³-hybridized carbons (Fsp3) is 0.462. The number of nitrogens with zero attached hydrogens (tertiary/aromatic N) is 5. The van der Waals surface area contributed by atoms with E-state index in [1.54, 1.807) is 7.11 Å². The van der Waals surface area contributed by atoms with Gasteiger partial charge in [-0.2, -0.15) is 0 Å². The first-order valence-electron chi connectivity index (χ1n) is 11.7. The maximum absolute atomic E-state index is 5.71. The zero-order valence-electron chi connectivity index (χ0n) is 19.6. The summed E-state index contributed by atoms with van der Waals surface area (Å²) in [5, 5.41) is 1.15. The van der Waals surface area contributed by atoms with Crippen LogP contribution < -0.4 is 19.4 Å². The molecule has 5 rings (SSSR count). The van der Waals surface area contributed by atoms with Gasteiger partial charge in [0.15, 0.2) is 0 Å². The minimum Gasteiger partial charge on any atom is -0.495 e. The van der Waals surface area contributed by atoms with Crippen LogP contribution in [0.5, 0.6) is 5.75 Å². The average molecular weight is 432 g/mol. The smallest absolute Gasteiger partial charge is 0.142 e. The quantitative estimate of drug-likeness (QED) is 0.574. The van der Waals surface area contributed by atoms with Crippen LogP contribution >= 0.6 is 0 Å². The molecule has 2 aromatic carbocycles. The van der Waals surface area contributed by atoms with Crippen molar-refractivity contribution >= 4 is 28.1 Å². The Kier molecular flexibility index (Phi) is 5.53. The molecule has 0 N–H and O–H groups in total. The largest absolute Gasteiger partial charge is 0.495 e. The van der Waals surface area contributed by atoms with Crippen molar-refractivity contribution in [2.75, 3.05) is 62.1 Å². The zero-order valence-corrected chi connectivity index (χ0v) is 19.6. The van der Waals surface area contributed by atoms with E-state index < -0.39 is 0 Å². The molecule has 0 atom stereocenters. The summed E-state index contributed by atoms with van der Waals surface area (Å²) in [5.74, 6) is 3.61. The summed E-state index contributed by atoms with van der Waals surface area (Å²) in [4.78, 5) is 17.0. The van der Waals surface area contributed by atoms with Gasteiger partial charge in [-0.15, -0.1) is 0 Å². The van der Waals surface area contributed by atoms with Crippen LogP contribution in [0.15, 0.2) is 36.4 Å². The van der Waals surface area contributed by atoms with Crippen molar-refractivity contribution in [2.24, 2.45) is 0 Å². The van der Waals surface area contributed by atoms with Gasteiger partial charge >= 0.3 is 0 Å². The average Bonchev–Trinajstić information content (AvgIpc) is 3.68. The van der Waals surface area contributed by atoms with Gasteiger partial charge in [-0.05, 0) is 55.2 Å². The van der Waals surface area contributed by atoms with Gasteiger partial charge in [-0.3, -0.25) is 0 Å². The normalized spacial score (nSPS) is 16.5. The van der Waals surface area contributed by atoms with Crippen LogP contribution in [-0.2, 0) is 6.42 Å². The van der Waals surface area contributed by atoms with E-state index in [1.807, 2.05) is 0 Å². The number of aromatic nitrogens is 2. The SMILES string of the molecule is CCc1ccc(N2CCN(c3nc(C4CC4)nc4ccc(N(C)C)cc34)CC2)c(OC)c1. The third kappa shape index (κ3) is 3.94. The summed E-state index contributed by atoms with van der Waals surface area (Å²) < 4.78 is 5.71. The van der Waals surface area contributed by atoms with Gasteiger partial charge in [0.05, 0.1) is 18.3 Å². The third-order valence-electron chi connectivity index (χ3n) is 6.71. The van der Waals surface area contributed by atoms with Crippen molar-refractivity contribution in [3.63, 3.8) is 0 Å². The van der Waals surface area contributed by atoms with Crippen molar-refractivity contribution in [1.82, 2.24) is 9.97 Å². The fourth-order valence-electron chi connectivity index (χ4n) is 4.52. The number of hydrogen-bond donors (Lipinski definition) is 0. The lowest BCUT2D eigenvalue weighted by atomic mass is 10.1. The van der Waals surface area contributed by atoms with E-state index in [1.165, 1.54) is 29.8 Å². The van der Waals surface area contributed by atoms with Gasteiger partial charge < -0.3 is 19.4 Å². The van der Waals surface area contributed by atoms with Crippen LogP contribution in [0.1, 0.15) is 37.1 Å². The molecule has 0 spiro atoms. The molecule has 1 saturated carbocycles. The molecular weight excluding hydrogens is 398 g/mol. The molecule has 0 unspecified atom stereocenters. The molecule has 1 aliphatic carbocycles. The molecule has 168 valence electrons. The Morgan fingerprint density at radius 1 is 0.969 bits per heavy atom. The lowest BCUT2D eigenvalue weighted by Crippen LogP contribution is -2.47. The topological polar surface area (TPSA) is 44.7 Å². The molecule has 6 nitrogen and oxygen atoms in total. The Morgan fingerprint density at radius 3 is 2.38 bits per heavy atom. The molecule has 2 fully saturated rings. The number of ether oxygens (including phenoxy) is 1. The number of aryl methyl sites for hydroxylation is 1. The van der Waals surface area contributed by atoms with Crippen molar-refractivity contribution < 1.29 is 4.74 Å². The number of piperazine rings is 1. The molecule has 3 aromatic rings. The first-order valence-corrected chi connectivity index (χ1v) is 11.7. The van der Waals surface area contributed by atoms with Gasteiger partial charge in [0.2, 0.25) is 0 Å². The molecule has 1 aliphatic heterocycles. The van der Waals surface area contributed by atoms with Gasteiger partial charge in [-0.1, -0.05) is 13.0 Å². The molecule has 2 aliphatic rings. The summed E-state index contributed by atoms with van der Waals surface area (Å²) in [7, 11) is 5.93. The van der Waals surface area contributed by atoms with Crippen molar-refractivity contribution in [2.45, 2.75) is 32.1 Å². The first-order chi connectivity index (χ1) is 15.6. The molecule has 1 aromatic heterocycles. The van der Waals surface area contributed by atoms with Crippen molar-refractivity contribution in [1.29, 1.82) is 0 Å². The molecule has 0 radical (unpaired) electrons. The Labute approximate surface area is 190 Å². The number of anilines is 3. The zero-order chi connectivity index (χ0) is 22.2. The van der Waals surface area contributed by atoms with E-state index in [-0.39, 0.29) is 0 Å². The number of benzene rings is 2. The Balaban J connectivity index is 1.44. The van der Waals surface area contributed by atoms with E-state index in [9.17, 15) is 0 Å². The third-order valence-corrected chi connectivity index (χ3v) is 6.71. The molecule has 0 bridgehead atoms. The summed E-state index contributed by atoms with van der Waals surface area (Å²) in [6.07, 6.45) is 3.44. The van der Waals surface area contributed by atoms with Gasteiger partial charge in [0.25, 0.3) is 0 Å². The summed E-state index contributed by atoms with van der Waals surface area (Å²) in [6, 6.07) is 13.1. The van der Waals surface area contributed by atoms with E-state index in [2.05, 4.69) is 72.1 Å². The highest BCUT2D eigenvalue weighted by Gasteiger charge is 2.29. The maximum atomic E-state index is 5.71. The molecule has 32 heavy (non-hydrogen) atoms. The highest BCUT2D eigenvalue weighted by molar-refractivity contribution is 5.92. The predicted molar refractivity (Wildman–Crippen MR) is 133 cm³/mol. The van der Waals surface area contributed by atoms with E-state index >= 15 is 0 Å². The highest BCUT2D eigenvalue weighted by atomic mass is 16.5. The number of hydrogen-bond acceptors (Lipinski definition) is 6. The standard InChI is InChI=1S/C26H33N5O/c1-5-18-6-11-23(24(16-18)32-4)30-12-14-31(15-13-30)26-21-17-20(29(2)3)9-10-22(21)27-25(28-26)19-7-8-19/h6,9-11,16-17,19H,5,7-8,12-15H2,1-4H3. The molecule has 6 heteroatoms. The summed E-state index contributed by atoms with van der Waals surface area (Å²) in [6.45, 7) is 5.93. The lowest BCUT2D eigenvalue weighted by molar-refractivity contribution is 0.413. The van der Waals surface area contributed by atoms with Crippen LogP contribution in [0, 0.1) is 0 Å². The van der Waals surface area contributed by atoms with Crippen LogP contribution in [-0.4, -0.2) is 57.4 Å². The van der Waals surface area contributed by atoms with E-state index in [4.69, 9.17) is 14.7 Å². The van der Waals surface area contributed by atoms with Crippen LogP contribution in [0.2, 0.25) is 0 Å². The molecule has 1 saturated heterocycles.